The summed E-state index contributed by atoms with van der Waals surface area (Å²) in [6.45, 7) is 1.88. The first kappa shape index (κ1) is 26.7. The molecule has 184 valence electrons. The van der Waals surface area contributed by atoms with Crippen molar-refractivity contribution in [2.45, 2.75) is 25.5 Å². The molecule has 2 aromatic carbocycles. The lowest BCUT2D eigenvalue weighted by atomic mass is 10.1. The maximum absolute atomic E-state index is 12.8. The molecule has 10 heteroatoms. The molecule has 0 saturated heterocycles. The van der Waals surface area contributed by atoms with Crippen LogP contribution in [0, 0.1) is 6.92 Å². The van der Waals surface area contributed by atoms with E-state index in [2.05, 4.69) is 10.1 Å². The van der Waals surface area contributed by atoms with Crippen LogP contribution in [0.3, 0.4) is 0 Å². The molecule has 2 aromatic rings. The molecule has 1 amide bonds. The zero-order valence-electron chi connectivity index (χ0n) is 19.8. The second-order valence-electron chi connectivity index (χ2n) is 7.35. The molecule has 9 nitrogen and oxygen atoms in total. The topological polar surface area (TPSA) is 117 Å². The molecule has 0 bridgehead atoms. The number of carbonyl (C=O) groups excluding carboxylic acids is 2. The molecule has 0 heterocycles. The summed E-state index contributed by atoms with van der Waals surface area (Å²) in [5, 5.41) is 3.74. The first-order chi connectivity index (χ1) is 16.1. The van der Waals surface area contributed by atoms with Crippen molar-refractivity contribution >= 4 is 33.5 Å². The lowest BCUT2D eigenvalue weighted by Crippen LogP contribution is -2.15. The third-order valence-corrected chi connectivity index (χ3v) is 6.11. The highest BCUT2D eigenvalue weighted by molar-refractivity contribution is 7.93. The Balaban J connectivity index is 2.24. The van der Waals surface area contributed by atoms with Gasteiger partial charge in [0.1, 0.15) is 17.2 Å². The van der Waals surface area contributed by atoms with Crippen LogP contribution in [-0.2, 0) is 29.9 Å². The van der Waals surface area contributed by atoms with Crippen LogP contribution < -0.4 is 19.5 Å². The summed E-state index contributed by atoms with van der Waals surface area (Å²) in [5.74, 6) is 0.0963. The standard InChI is InChI=1S/C24H29NO8S/c1-16-12-21(31-3)18(22(13-16)32-4)10-11-34(28,29)15-17-6-7-20(30-2)19(14-17)25-23(26)8-9-24(27)33-5/h6-7,10-14H,8-9,15H2,1-5H3,(H,25,26)/b11-10-. The molecule has 0 spiro atoms. The maximum atomic E-state index is 12.8. The SMILES string of the molecule is COC(=O)CCC(=O)Nc1cc(CS(=O)(=O)/C=C\c2c(OC)cc(C)cc2OC)ccc1OC. The van der Waals surface area contributed by atoms with Crippen molar-refractivity contribution in [2.75, 3.05) is 33.8 Å². The number of benzene rings is 2. The van der Waals surface area contributed by atoms with E-state index in [0.717, 1.165) is 11.0 Å². The number of methoxy groups -OCH3 is 4. The van der Waals surface area contributed by atoms with E-state index in [-0.39, 0.29) is 18.6 Å². The summed E-state index contributed by atoms with van der Waals surface area (Å²) >= 11 is 0. The van der Waals surface area contributed by atoms with E-state index in [9.17, 15) is 18.0 Å². The molecule has 0 aliphatic rings. The van der Waals surface area contributed by atoms with Gasteiger partial charge in [-0.3, -0.25) is 9.59 Å². The van der Waals surface area contributed by atoms with Crippen LogP contribution in [0.5, 0.6) is 17.2 Å². The van der Waals surface area contributed by atoms with Gasteiger partial charge in [-0.1, -0.05) is 6.07 Å². The van der Waals surface area contributed by atoms with Crippen molar-refractivity contribution in [3.05, 3.63) is 52.4 Å². The van der Waals surface area contributed by atoms with Crippen LogP contribution in [0.1, 0.15) is 29.5 Å². The molecule has 0 radical (unpaired) electrons. The van der Waals surface area contributed by atoms with Gasteiger partial charge in [-0.25, -0.2) is 8.42 Å². The minimum Gasteiger partial charge on any atom is -0.496 e. The number of hydrogen-bond donors (Lipinski definition) is 1. The lowest BCUT2D eigenvalue weighted by Gasteiger charge is -2.12. The summed E-state index contributed by atoms with van der Waals surface area (Å²) in [4.78, 5) is 23.4. The molecule has 0 aromatic heterocycles. The van der Waals surface area contributed by atoms with E-state index in [1.165, 1.54) is 40.6 Å². The summed E-state index contributed by atoms with van der Waals surface area (Å²) in [7, 11) is 1.98. The van der Waals surface area contributed by atoms with Gasteiger partial charge in [-0.2, -0.15) is 0 Å². The average Bonchev–Trinajstić information content (AvgIpc) is 2.80. The van der Waals surface area contributed by atoms with Crippen molar-refractivity contribution in [3.8, 4) is 17.2 Å². The summed E-state index contributed by atoms with van der Waals surface area (Å²) < 4.78 is 46.1. The number of hydrogen-bond acceptors (Lipinski definition) is 8. The van der Waals surface area contributed by atoms with Crippen LogP contribution >= 0.6 is 0 Å². The van der Waals surface area contributed by atoms with Gasteiger partial charge in [-0.15, -0.1) is 0 Å². The zero-order valence-corrected chi connectivity index (χ0v) is 20.7. The van der Waals surface area contributed by atoms with E-state index in [1.54, 1.807) is 24.3 Å². The Morgan fingerprint density at radius 3 is 2.09 bits per heavy atom. The highest BCUT2D eigenvalue weighted by atomic mass is 32.2. The maximum Gasteiger partial charge on any atom is 0.306 e. The van der Waals surface area contributed by atoms with E-state index in [0.29, 0.717) is 34.1 Å². The van der Waals surface area contributed by atoms with Gasteiger partial charge in [0, 0.05) is 11.8 Å². The molecule has 1 N–H and O–H groups in total. The van der Waals surface area contributed by atoms with Crippen LogP contribution in [-0.4, -0.2) is 48.7 Å². The van der Waals surface area contributed by atoms with Crippen LogP contribution in [0.4, 0.5) is 5.69 Å². The Hall–Kier alpha value is -3.53. The fourth-order valence-electron chi connectivity index (χ4n) is 3.16. The predicted molar refractivity (Wildman–Crippen MR) is 129 cm³/mol. The molecule has 34 heavy (non-hydrogen) atoms. The van der Waals surface area contributed by atoms with E-state index in [1.807, 2.05) is 6.92 Å². The molecular formula is C24H29NO8S. The Labute approximate surface area is 199 Å². The normalized spacial score (nSPS) is 11.2. The first-order valence-corrected chi connectivity index (χ1v) is 12.0. The van der Waals surface area contributed by atoms with E-state index >= 15 is 0 Å². The van der Waals surface area contributed by atoms with Crippen molar-refractivity contribution in [1.82, 2.24) is 0 Å². The smallest absolute Gasteiger partial charge is 0.306 e. The molecule has 0 atom stereocenters. The average molecular weight is 492 g/mol. The fraction of sp³-hybridized carbons (Fsp3) is 0.333. The van der Waals surface area contributed by atoms with Crippen LogP contribution in [0.15, 0.2) is 35.7 Å². The van der Waals surface area contributed by atoms with Gasteiger partial charge in [0.25, 0.3) is 0 Å². The monoisotopic (exact) mass is 491 g/mol. The number of amides is 1. The summed E-state index contributed by atoms with van der Waals surface area (Å²) in [5.41, 5.74) is 2.16. The van der Waals surface area contributed by atoms with Gasteiger partial charge < -0.3 is 24.3 Å². The van der Waals surface area contributed by atoms with Crippen molar-refractivity contribution < 1.29 is 37.0 Å². The second-order valence-corrected chi connectivity index (χ2v) is 9.24. The zero-order chi connectivity index (χ0) is 25.3. The number of nitrogens with one attached hydrogen (secondary N) is 1. The molecule has 0 fully saturated rings. The number of ether oxygens (including phenoxy) is 4. The van der Waals surface area contributed by atoms with Crippen LogP contribution in [0.2, 0.25) is 0 Å². The van der Waals surface area contributed by atoms with Crippen molar-refractivity contribution in [3.63, 3.8) is 0 Å². The van der Waals surface area contributed by atoms with E-state index in [4.69, 9.17) is 14.2 Å². The van der Waals surface area contributed by atoms with E-state index < -0.39 is 21.7 Å². The highest BCUT2D eigenvalue weighted by Gasteiger charge is 2.15. The Morgan fingerprint density at radius 1 is 0.912 bits per heavy atom. The lowest BCUT2D eigenvalue weighted by molar-refractivity contribution is -0.141. The first-order valence-electron chi connectivity index (χ1n) is 10.3. The number of anilines is 1. The Kier molecular flexibility index (Phi) is 9.49. The molecular weight excluding hydrogens is 462 g/mol. The highest BCUT2D eigenvalue weighted by Crippen LogP contribution is 2.32. The minimum atomic E-state index is -3.69. The summed E-state index contributed by atoms with van der Waals surface area (Å²) in [6, 6.07) is 8.26. The van der Waals surface area contributed by atoms with Gasteiger partial charge in [-0.05, 0) is 48.4 Å². The molecule has 0 aliphatic heterocycles. The molecule has 2 rings (SSSR count). The second kappa shape index (κ2) is 12.1. The van der Waals surface area contributed by atoms with Crippen molar-refractivity contribution in [2.24, 2.45) is 0 Å². The third-order valence-electron chi connectivity index (χ3n) is 4.82. The molecule has 0 unspecified atom stereocenters. The van der Waals surface area contributed by atoms with Gasteiger partial charge in [0.05, 0.1) is 51.9 Å². The number of rotatable bonds is 11. The van der Waals surface area contributed by atoms with Gasteiger partial charge >= 0.3 is 5.97 Å². The largest absolute Gasteiger partial charge is 0.496 e. The van der Waals surface area contributed by atoms with Crippen LogP contribution in [0.25, 0.3) is 6.08 Å². The Bertz CT molecular complexity index is 1150. The quantitative estimate of drug-likeness (QED) is 0.475. The number of sulfone groups is 1. The number of carbonyl (C=O) groups is 2. The molecule has 0 saturated carbocycles. The predicted octanol–water partition coefficient (Wildman–Crippen LogP) is 3.50. The van der Waals surface area contributed by atoms with Gasteiger partial charge in [0.15, 0.2) is 9.84 Å². The van der Waals surface area contributed by atoms with Gasteiger partial charge in [0.2, 0.25) is 5.91 Å². The molecule has 0 aliphatic carbocycles. The summed E-state index contributed by atoms with van der Waals surface area (Å²) in [6.07, 6.45) is 1.28. The third kappa shape index (κ3) is 7.51. The number of aryl methyl sites for hydroxylation is 1. The minimum absolute atomic E-state index is 0.0740. The Morgan fingerprint density at radius 2 is 1.53 bits per heavy atom. The number of esters is 1. The van der Waals surface area contributed by atoms with Crippen molar-refractivity contribution in [1.29, 1.82) is 0 Å². The fourth-order valence-corrected chi connectivity index (χ4v) is 4.24.